The topological polar surface area (TPSA) is 0 Å². The van der Waals surface area contributed by atoms with Crippen molar-refractivity contribution in [2.75, 3.05) is 0 Å². The first-order valence-electron chi connectivity index (χ1n) is 4.32. The summed E-state index contributed by atoms with van der Waals surface area (Å²) >= 11 is 6.37. The van der Waals surface area contributed by atoms with E-state index in [4.69, 9.17) is 11.6 Å². The van der Waals surface area contributed by atoms with Gasteiger partial charge in [0.25, 0.3) is 0 Å². The average molecular weight is 306 g/mol. The Labute approximate surface area is 94.2 Å². The van der Waals surface area contributed by atoms with Crippen molar-refractivity contribution in [3.05, 3.63) is 38.4 Å². The summed E-state index contributed by atoms with van der Waals surface area (Å²) in [7, 11) is 0. The zero-order valence-electron chi connectivity index (χ0n) is 7.64. The second-order valence-corrected chi connectivity index (χ2v) is 6.28. The number of benzene rings is 1. The molecule has 0 aliphatic carbocycles. The van der Waals surface area contributed by atoms with E-state index in [1.165, 1.54) is 14.7 Å². The van der Waals surface area contributed by atoms with Crippen LogP contribution in [0.2, 0.25) is 5.02 Å². The third-order valence-corrected chi connectivity index (χ3v) is 4.29. The van der Waals surface area contributed by atoms with Crippen LogP contribution in [-0.4, -0.2) is 0 Å². The van der Waals surface area contributed by atoms with Crippen molar-refractivity contribution < 1.29 is 21.2 Å². The maximum absolute atomic E-state index is 6.11. The van der Waals surface area contributed by atoms with E-state index < -0.39 is 0 Å². The van der Waals surface area contributed by atoms with Crippen molar-refractivity contribution in [2.45, 2.75) is 19.8 Å². The molecule has 1 heterocycles. The van der Waals surface area contributed by atoms with Gasteiger partial charge in [-0.2, -0.15) is 0 Å². The molecule has 0 saturated heterocycles. The van der Waals surface area contributed by atoms with Crippen LogP contribution >= 0.6 is 11.6 Å². The van der Waals surface area contributed by atoms with Gasteiger partial charge in [0, 0.05) is 0 Å². The number of hydrogen-bond donors (Lipinski definition) is 0. The molecule has 0 spiro atoms. The summed E-state index contributed by atoms with van der Waals surface area (Å²) in [6.45, 7) is 4.42. The molecule has 0 nitrogen and oxygen atoms in total. The summed E-state index contributed by atoms with van der Waals surface area (Å²) in [5, 5.41) is 0.910. The summed E-state index contributed by atoms with van der Waals surface area (Å²) < 4.78 is 3.83. The van der Waals surface area contributed by atoms with Gasteiger partial charge in [-0.25, -0.2) is 0 Å². The molecule has 0 saturated carbocycles. The third kappa shape index (κ3) is 2.08. The van der Waals surface area contributed by atoms with Crippen molar-refractivity contribution in [3.63, 3.8) is 0 Å². The van der Waals surface area contributed by atoms with Crippen LogP contribution in [0, 0.1) is 0 Å². The van der Waals surface area contributed by atoms with Crippen molar-refractivity contribution >= 4 is 15.2 Å². The molecule has 0 fully saturated rings. The SMILES string of the molecule is CC(C)c1ccc(Cl)c(C2=C[I-]2)c1. The van der Waals surface area contributed by atoms with Crippen LogP contribution in [0.1, 0.15) is 30.9 Å². The minimum atomic E-state index is 0.253. The molecule has 0 amide bonds. The molecule has 1 aliphatic heterocycles. The molecule has 1 aliphatic rings. The Bertz CT molecular complexity index is 366. The summed E-state index contributed by atoms with van der Waals surface area (Å²) in [6.07, 6.45) is 0. The van der Waals surface area contributed by atoms with Crippen molar-refractivity contribution in [1.29, 1.82) is 0 Å². The van der Waals surface area contributed by atoms with E-state index in [0.717, 1.165) is 5.02 Å². The van der Waals surface area contributed by atoms with Gasteiger partial charge in [0.15, 0.2) is 0 Å². The first kappa shape index (κ1) is 9.53. The number of halogens is 2. The predicted octanol–water partition coefficient (Wildman–Crippen LogP) is 0.864. The third-order valence-electron chi connectivity index (χ3n) is 2.13. The molecule has 0 bridgehead atoms. The molecule has 1 aromatic carbocycles. The molecule has 2 rings (SSSR count). The quantitative estimate of drug-likeness (QED) is 0.711. The van der Waals surface area contributed by atoms with Crippen LogP contribution < -0.4 is 21.2 Å². The minimum absolute atomic E-state index is 0.253. The van der Waals surface area contributed by atoms with Gasteiger partial charge in [-0.05, 0) is 0 Å². The molecule has 1 aromatic rings. The first-order chi connectivity index (χ1) is 6.18. The van der Waals surface area contributed by atoms with Crippen LogP contribution in [0.25, 0.3) is 3.58 Å². The molecule has 0 unspecified atom stereocenters. The van der Waals surface area contributed by atoms with Gasteiger partial charge >= 0.3 is 94.6 Å². The standard InChI is InChI=1S/C11H11ClI/c1-7(2)8-3-4-10(12)9(5-8)11-6-13-11/h3-7H,1-2H3/q-1. The van der Waals surface area contributed by atoms with Gasteiger partial charge in [-0.15, -0.1) is 0 Å². The van der Waals surface area contributed by atoms with Gasteiger partial charge in [0.2, 0.25) is 0 Å². The fraction of sp³-hybridized carbons (Fsp3) is 0.273. The second kappa shape index (κ2) is 3.62. The molecule has 0 N–H and O–H groups in total. The van der Waals surface area contributed by atoms with E-state index in [9.17, 15) is 0 Å². The molecular weight excluding hydrogens is 294 g/mol. The van der Waals surface area contributed by atoms with E-state index in [1.807, 2.05) is 6.07 Å². The van der Waals surface area contributed by atoms with E-state index in [2.05, 4.69) is 30.1 Å². The van der Waals surface area contributed by atoms with Crippen LogP contribution in [-0.2, 0) is 0 Å². The molecular formula is C11H11ClI-. The zero-order valence-corrected chi connectivity index (χ0v) is 10.6. The van der Waals surface area contributed by atoms with Gasteiger partial charge in [-0.1, -0.05) is 0 Å². The first-order valence-corrected chi connectivity index (χ1v) is 7.02. The van der Waals surface area contributed by atoms with Crippen molar-refractivity contribution in [1.82, 2.24) is 0 Å². The number of hydrogen-bond acceptors (Lipinski definition) is 0. The second-order valence-electron chi connectivity index (χ2n) is 3.46. The Kier molecular flexibility index (Phi) is 2.65. The van der Waals surface area contributed by atoms with Gasteiger partial charge in [-0.3, -0.25) is 0 Å². The van der Waals surface area contributed by atoms with Crippen LogP contribution in [0.5, 0.6) is 0 Å². The fourth-order valence-corrected chi connectivity index (χ4v) is 2.88. The average Bonchev–Trinajstić information content (AvgIpc) is 2.87. The molecule has 70 valence electrons. The normalized spacial score (nSPS) is 15.2. The van der Waals surface area contributed by atoms with E-state index in [1.54, 1.807) is 0 Å². The van der Waals surface area contributed by atoms with E-state index in [0.29, 0.717) is 5.92 Å². The summed E-state index contributed by atoms with van der Waals surface area (Å²) in [5.41, 5.74) is 2.66. The van der Waals surface area contributed by atoms with Crippen molar-refractivity contribution in [3.8, 4) is 0 Å². The Hall–Kier alpha value is -0.0200. The van der Waals surface area contributed by atoms with Crippen LogP contribution in [0.15, 0.2) is 22.3 Å². The van der Waals surface area contributed by atoms with Crippen LogP contribution in [0.3, 0.4) is 0 Å². The van der Waals surface area contributed by atoms with Gasteiger partial charge < -0.3 is 0 Å². The van der Waals surface area contributed by atoms with Crippen molar-refractivity contribution in [2.24, 2.45) is 0 Å². The Morgan fingerprint density at radius 1 is 1.31 bits per heavy atom. The summed E-state index contributed by atoms with van der Waals surface area (Å²) in [4.78, 5) is 0. The van der Waals surface area contributed by atoms with Gasteiger partial charge in [0.1, 0.15) is 0 Å². The molecule has 0 atom stereocenters. The van der Waals surface area contributed by atoms with Crippen LogP contribution in [0.4, 0.5) is 0 Å². The molecule has 13 heavy (non-hydrogen) atoms. The summed E-state index contributed by atoms with van der Waals surface area (Å²) in [5.74, 6) is 0.591. The van der Waals surface area contributed by atoms with Gasteiger partial charge in [0.05, 0.1) is 0 Å². The maximum atomic E-state index is 6.11. The molecule has 0 radical (unpaired) electrons. The zero-order chi connectivity index (χ0) is 9.42. The molecule has 0 aromatic heterocycles. The number of rotatable bonds is 2. The predicted molar refractivity (Wildman–Crippen MR) is 53.5 cm³/mol. The monoisotopic (exact) mass is 305 g/mol. The van der Waals surface area contributed by atoms with E-state index in [-0.39, 0.29) is 21.2 Å². The Morgan fingerprint density at radius 2 is 2.00 bits per heavy atom. The fourth-order valence-electron chi connectivity index (χ4n) is 1.23. The summed E-state index contributed by atoms with van der Waals surface area (Å²) in [6, 6.07) is 6.39. The Morgan fingerprint density at radius 3 is 2.54 bits per heavy atom. The molecule has 2 heteroatoms. The Balaban J connectivity index is 2.42. The van der Waals surface area contributed by atoms with E-state index >= 15 is 0 Å².